The van der Waals surface area contributed by atoms with Gasteiger partial charge < -0.3 is 15.5 Å². The predicted molar refractivity (Wildman–Crippen MR) is 75.2 cm³/mol. The number of piperidine rings is 1. The Hall–Kier alpha value is -0.120. The minimum Gasteiger partial charge on any atom is -0.330 e. The maximum Gasteiger partial charge on any atom is 0.0117 e. The first-order valence-corrected chi connectivity index (χ1v) is 7.30. The van der Waals surface area contributed by atoms with Gasteiger partial charge in [-0.15, -0.1) is 0 Å². The highest BCUT2D eigenvalue weighted by Gasteiger charge is 2.22. The van der Waals surface area contributed by atoms with Crippen LogP contribution in [0, 0.1) is 5.92 Å². The Morgan fingerprint density at radius 3 is 2.53 bits per heavy atom. The Bertz CT molecular complexity index is 188. The molecule has 1 aliphatic rings. The number of hydrogen-bond acceptors (Lipinski definition) is 3. The van der Waals surface area contributed by atoms with E-state index in [1.165, 1.54) is 51.9 Å². The lowest BCUT2D eigenvalue weighted by molar-refractivity contribution is 0.119. The highest BCUT2D eigenvalue weighted by Crippen LogP contribution is 2.17. The van der Waals surface area contributed by atoms with Crippen LogP contribution in [0.15, 0.2) is 0 Å². The van der Waals surface area contributed by atoms with Gasteiger partial charge in [0.25, 0.3) is 0 Å². The van der Waals surface area contributed by atoms with Crippen molar-refractivity contribution >= 4 is 0 Å². The summed E-state index contributed by atoms with van der Waals surface area (Å²) in [5.74, 6) is 0.785. The molecule has 0 aromatic carbocycles. The summed E-state index contributed by atoms with van der Waals surface area (Å²) in [5, 5.41) is 0. The molecule has 17 heavy (non-hydrogen) atoms. The number of nitrogens with zero attached hydrogens (tertiary/aromatic N) is 2. The van der Waals surface area contributed by atoms with E-state index in [0.29, 0.717) is 0 Å². The molecule has 0 bridgehead atoms. The summed E-state index contributed by atoms with van der Waals surface area (Å²) in [6.45, 7) is 10.5. The second kappa shape index (κ2) is 8.06. The fourth-order valence-corrected chi connectivity index (χ4v) is 2.87. The Labute approximate surface area is 107 Å². The van der Waals surface area contributed by atoms with Gasteiger partial charge in [0.2, 0.25) is 0 Å². The van der Waals surface area contributed by atoms with E-state index in [0.717, 1.165) is 18.5 Å². The molecule has 2 N–H and O–H groups in total. The Kier molecular flexibility index (Phi) is 7.09. The molecule has 1 fully saturated rings. The normalized spacial score (nSPS) is 21.0. The molecular weight excluding hydrogens is 210 g/mol. The first kappa shape index (κ1) is 14.9. The molecule has 1 atom stereocenters. The first-order valence-electron chi connectivity index (χ1n) is 7.30. The fourth-order valence-electron chi connectivity index (χ4n) is 2.87. The van der Waals surface area contributed by atoms with Crippen molar-refractivity contribution in [2.24, 2.45) is 11.7 Å². The van der Waals surface area contributed by atoms with E-state index in [2.05, 4.69) is 30.7 Å². The summed E-state index contributed by atoms with van der Waals surface area (Å²) in [4.78, 5) is 5.14. The largest absolute Gasteiger partial charge is 0.330 e. The Balaban J connectivity index is 2.21. The van der Waals surface area contributed by atoms with E-state index >= 15 is 0 Å². The predicted octanol–water partition coefficient (Wildman–Crippen LogP) is 1.78. The van der Waals surface area contributed by atoms with Gasteiger partial charge in [0.15, 0.2) is 0 Å². The van der Waals surface area contributed by atoms with Crippen molar-refractivity contribution in [3.05, 3.63) is 0 Å². The second-order valence-electron chi connectivity index (χ2n) is 5.64. The van der Waals surface area contributed by atoms with Crippen LogP contribution in [0.25, 0.3) is 0 Å². The van der Waals surface area contributed by atoms with Crippen molar-refractivity contribution in [1.82, 2.24) is 9.80 Å². The average molecular weight is 241 g/mol. The van der Waals surface area contributed by atoms with Gasteiger partial charge in [0.1, 0.15) is 0 Å². The Morgan fingerprint density at radius 1 is 1.35 bits per heavy atom. The number of likely N-dealkylation sites (tertiary alicyclic amines) is 1. The minimum atomic E-state index is 0.785. The zero-order valence-electron chi connectivity index (χ0n) is 12.0. The monoisotopic (exact) mass is 241 g/mol. The average Bonchev–Trinajstić information content (AvgIpc) is 2.36. The zero-order chi connectivity index (χ0) is 12.7. The molecule has 0 amide bonds. The van der Waals surface area contributed by atoms with E-state index in [1.54, 1.807) is 0 Å². The zero-order valence-corrected chi connectivity index (χ0v) is 12.0. The quantitative estimate of drug-likeness (QED) is 0.737. The highest BCUT2D eigenvalue weighted by atomic mass is 15.2. The van der Waals surface area contributed by atoms with Crippen LogP contribution in [-0.2, 0) is 0 Å². The van der Waals surface area contributed by atoms with Crippen LogP contribution < -0.4 is 5.73 Å². The lowest BCUT2D eigenvalue weighted by Gasteiger charge is -2.37. The Morgan fingerprint density at radius 2 is 2.00 bits per heavy atom. The van der Waals surface area contributed by atoms with Gasteiger partial charge in [-0.2, -0.15) is 0 Å². The summed E-state index contributed by atoms with van der Waals surface area (Å²) in [6, 6.07) is 0.804. The molecule has 0 saturated carbocycles. The molecule has 1 saturated heterocycles. The maximum atomic E-state index is 5.56. The molecule has 0 aliphatic carbocycles. The summed E-state index contributed by atoms with van der Waals surface area (Å²) in [5.41, 5.74) is 5.56. The van der Waals surface area contributed by atoms with Gasteiger partial charge in [-0.3, -0.25) is 0 Å². The third-order valence-electron chi connectivity index (χ3n) is 4.13. The van der Waals surface area contributed by atoms with Gasteiger partial charge in [-0.05, 0) is 64.8 Å². The van der Waals surface area contributed by atoms with Crippen LogP contribution in [0.5, 0.6) is 0 Å². The molecule has 3 heteroatoms. The van der Waals surface area contributed by atoms with Gasteiger partial charge in [0.05, 0.1) is 0 Å². The molecule has 1 rings (SSSR count). The molecular formula is C14H31N3. The van der Waals surface area contributed by atoms with Crippen LogP contribution in [-0.4, -0.2) is 55.6 Å². The lowest BCUT2D eigenvalue weighted by atomic mass is 10.00. The topological polar surface area (TPSA) is 32.5 Å². The summed E-state index contributed by atoms with van der Waals surface area (Å²) in [6.07, 6.45) is 5.12. The van der Waals surface area contributed by atoms with Gasteiger partial charge in [0, 0.05) is 12.6 Å². The van der Waals surface area contributed by atoms with Crippen molar-refractivity contribution in [2.45, 2.75) is 45.6 Å². The summed E-state index contributed by atoms with van der Waals surface area (Å²) < 4.78 is 0. The molecule has 0 aromatic heterocycles. The molecule has 0 spiro atoms. The van der Waals surface area contributed by atoms with Crippen LogP contribution in [0.4, 0.5) is 0 Å². The highest BCUT2D eigenvalue weighted by molar-refractivity contribution is 4.78. The smallest absolute Gasteiger partial charge is 0.0117 e. The van der Waals surface area contributed by atoms with Gasteiger partial charge in [-0.1, -0.05) is 13.8 Å². The van der Waals surface area contributed by atoms with Crippen molar-refractivity contribution in [2.75, 3.05) is 39.8 Å². The van der Waals surface area contributed by atoms with Gasteiger partial charge >= 0.3 is 0 Å². The van der Waals surface area contributed by atoms with Crippen molar-refractivity contribution < 1.29 is 0 Å². The molecule has 102 valence electrons. The third kappa shape index (κ3) is 5.36. The van der Waals surface area contributed by atoms with E-state index < -0.39 is 0 Å². The fraction of sp³-hybridized carbons (Fsp3) is 1.00. The van der Waals surface area contributed by atoms with Gasteiger partial charge in [-0.25, -0.2) is 0 Å². The number of rotatable bonds is 7. The van der Waals surface area contributed by atoms with E-state index in [-0.39, 0.29) is 0 Å². The standard InChI is InChI=1S/C14H31N3/c1-4-17-10-7-14(8-11-17)16(3)12-13(2)6-5-9-15/h13-14H,4-12,15H2,1-3H3. The number of hydrogen-bond donors (Lipinski definition) is 1. The summed E-state index contributed by atoms with van der Waals surface area (Å²) in [7, 11) is 2.30. The van der Waals surface area contributed by atoms with E-state index in [4.69, 9.17) is 5.73 Å². The number of nitrogens with two attached hydrogens (primary N) is 1. The van der Waals surface area contributed by atoms with Crippen LogP contribution in [0.1, 0.15) is 39.5 Å². The minimum absolute atomic E-state index is 0.785. The third-order valence-corrected chi connectivity index (χ3v) is 4.13. The molecule has 3 nitrogen and oxygen atoms in total. The lowest BCUT2D eigenvalue weighted by Crippen LogP contribution is -2.44. The van der Waals surface area contributed by atoms with E-state index in [9.17, 15) is 0 Å². The van der Waals surface area contributed by atoms with Crippen LogP contribution in [0.3, 0.4) is 0 Å². The molecule has 1 heterocycles. The molecule has 0 radical (unpaired) electrons. The van der Waals surface area contributed by atoms with Crippen molar-refractivity contribution in [3.63, 3.8) is 0 Å². The van der Waals surface area contributed by atoms with Crippen molar-refractivity contribution in [1.29, 1.82) is 0 Å². The van der Waals surface area contributed by atoms with Crippen LogP contribution in [0.2, 0.25) is 0 Å². The molecule has 0 aromatic rings. The van der Waals surface area contributed by atoms with Crippen molar-refractivity contribution in [3.8, 4) is 0 Å². The first-order chi connectivity index (χ1) is 8.17. The maximum absolute atomic E-state index is 5.56. The second-order valence-corrected chi connectivity index (χ2v) is 5.64. The molecule has 1 aliphatic heterocycles. The SMILES string of the molecule is CCN1CCC(N(C)CC(C)CCCN)CC1. The van der Waals surface area contributed by atoms with E-state index in [1.807, 2.05) is 0 Å². The molecule has 1 unspecified atom stereocenters. The summed E-state index contributed by atoms with van der Waals surface area (Å²) >= 11 is 0. The van der Waals surface area contributed by atoms with Crippen LogP contribution >= 0.6 is 0 Å².